The summed E-state index contributed by atoms with van der Waals surface area (Å²) in [5.41, 5.74) is 1.77. The lowest BCUT2D eigenvalue weighted by Gasteiger charge is -2.34. The van der Waals surface area contributed by atoms with Crippen molar-refractivity contribution in [1.82, 2.24) is 20.1 Å². The standard InChI is InChI=1S/C18H24F3N5O2/c1-13-4-5-14(16(23-13)24-6-2-3-7-24)10-22-17(28)25-8-9-26(15(27)11-25)12-18(19,20)21/h4-5H,2-3,6-12H2,1H3,(H,22,28). The zero-order valence-electron chi connectivity index (χ0n) is 15.8. The normalized spacial score (nSPS) is 18.0. The predicted molar refractivity (Wildman–Crippen MR) is 96.9 cm³/mol. The van der Waals surface area contributed by atoms with E-state index in [1.807, 2.05) is 19.1 Å². The number of carbonyl (C=O) groups is 2. The van der Waals surface area contributed by atoms with Crippen molar-refractivity contribution in [3.63, 3.8) is 0 Å². The minimum atomic E-state index is -4.44. The summed E-state index contributed by atoms with van der Waals surface area (Å²) >= 11 is 0. The van der Waals surface area contributed by atoms with Crippen molar-refractivity contribution in [3.05, 3.63) is 23.4 Å². The second-order valence-corrected chi connectivity index (χ2v) is 7.14. The van der Waals surface area contributed by atoms with Gasteiger partial charge in [0.1, 0.15) is 18.9 Å². The second kappa shape index (κ2) is 8.24. The van der Waals surface area contributed by atoms with Gasteiger partial charge in [0.25, 0.3) is 0 Å². The lowest BCUT2D eigenvalue weighted by Crippen LogP contribution is -2.56. The number of alkyl halides is 3. The molecule has 10 heteroatoms. The Kier molecular flexibility index (Phi) is 5.95. The first-order valence-corrected chi connectivity index (χ1v) is 9.32. The molecule has 2 aliphatic rings. The maximum absolute atomic E-state index is 12.5. The Bertz CT molecular complexity index is 734. The summed E-state index contributed by atoms with van der Waals surface area (Å²) in [5, 5.41) is 2.76. The highest BCUT2D eigenvalue weighted by molar-refractivity contribution is 5.85. The molecular formula is C18H24F3N5O2. The van der Waals surface area contributed by atoms with Crippen molar-refractivity contribution in [2.45, 2.75) is 32.5 Å². The highest BCUT2D eigenvalue weighted by Gasteiger charge is 2.36. The lowest BCUT2D eigenvalue weighted by atomic mass is 10.2. The molecule has 28 heavy (non-hydrogen) atoms. The Hall–Kier alpha value is -2.52. The van der Waals surface area contributed by atoms with E-state index in [2.05, 4.69) is 15.2 Å². The molecule has 2 aliphatic heterocycles. The third-order valence-electron chi connectivity index (χ3n) is 4.91. The number of halogens is 3. The smallest absolute Gasteiger partial charge is 0.356 e. The minimum Gasteiger partial charge on any atom is -0.356 e. The van der Waals surface area contributed by atoms with E-state index in [9.17, 15) is 22.8 Å². The molecule has 154 valence electrons. The molecule has 7 nitrogen and oxygen atoms in total. The van der Waals surface area contributed by atoms with Gasteiger partial charge in [-0.3, -0.25) is 4.79 Å². The van der Waals surface area contributed by atoms with Crippen LogP contribution in [-0.4, -0.2) is 72.2 Å². The fourth-order valence-electron chi connectivity index (χ4n) is 3.46. The Morgan fingerprint density at radius 3 is 2.54 bits per heavy atom. The van der Waals surface area contributed by atoms with Gasteiger partial charge in [-0.25, -0.2) is 9.78 Å². The van der Waals surface area contributed by atoms with Crippen molar-refractivity contribution >= 4 is 17.8 Å². The number of aromatic nitrogens is 1. The molecule has 3 amide bonds. The van der Waals surface area contributed by atoms with E-state index in [0.717, 1.165) is 47.9 Å². The van der Waals surface area contributed by atoms with Gasteiger partial charge in [0.05, 0.1) is 0 Å². The highest BCUT2D eigenvalue weighted by atomic mass is 19.4. The number of anilines is 1. The fraction of sp³-hybridized carbons (Fsp3) is 0.611. The van der Waals surface area contributed by atoms with E-state index in [1.54, 1.807) is 0 Å². The number of hydrogen-bond acceptors (Lipinski definition) is 4. The van der Waals surface area contributed by atoms with E-state index in [1.165, 1.54) is 4.90 Å². The quantitative estimate of drug-likeness (QED) is 0.840. The maximum Gasteiger partial charge on any atom is 0.406 e. The van der Waals surface area contributed by atoms with Crippen LogP contribution in [0, 0.1) is 6.92 Å². The largest absolute Gasteiger partial charge is 0.406 e. The summed E-state index contributed by atoms with van der Waals surface area (Å²) in [6.07, 6.45) is -2.23. The Morgan fingerprint density at radius 1 is 1.18 bits per heavy atom. The van der Waals surface area contributed by atoms with Crippen LogP contribution in [0.1, 0.15) is 24.1 Å². The van der Waals surface area contributed by atoms with Gasteiger partial charge >= 0.3 is 12.2 Å². The molecular weight excluding hydrogens is 375 g/mol. The van der Waals surface area contributed by atoms with Crippen LogP contribution in [-0.2, 0) is 11.3 Å². The maximum atomic E-state index is 12.5. The molecule has 0 unspecified atom stereocenters. The molecule has 0 aromatic carbocycles. The van der Waals surface area contributed by atoms with Crippen LogP contribution in [0.5, 0.6) is 0 Å². The lowest BCUT2D eigenvalue weighted by molar-refractivity contribution is -0.164. The van der Waals surface area contributed by atoms with Crippen LogP contribution in [0.4, 0.5) is 23.8 Å². The average molecular weight is 399 g/mol. The number of hydrogen-bond donors (Lipinski definition) is 1. The van der Waals surface area contributed by atoms with Gasteiger partial charge in [-0.2, -0.15) is 13.2 Å². The van der Waals surface area contributed by atoms with E-state index >= 15 is 0 Å². The molecule has 3 heterocycles. The molecule has 0 saturated carbocycles. The fourth-order valence-corrected chi connectivity index (χ4v) is 3.46. The van der Waals surface area contributed by atoms with Crippen molar-refractivity contribution in [2.24, 2.45) is 0 Å². The zero-order valence-corrected chi connectivity index (χ0v) is 15.8. The van der Waals surface area contributed by atoms with Crippen molar-refractivity contribution in [2.75, 3.05) is 44.2 Å². The van der Waals surface area contributed by atoms with Crippen LogP contribution in [0.3, 0.4) is 0 Å². The van der Waals surface area contributed by atoms with E-state index in [0.29, 0.717) is 0 Å². The van der Waals surface area contributed by atoms with Gasteiger partial charge in [0.2, 0.25) is 5.91 Å². The number of nitrogens with zero attached hydrogens (tertiary/aromatic N) is 4. The number of urea groups is 1. The zero-order chi connectivity index (χ0) is 20.3. The first kappa shape index (κ1) is 20.2. The molecule has 3 rings (SSSR count). The van der Waals surface area contributed by atoms with Gasteiger partial charge in [0.15, 0.2) is 0 Å². The highest BCUT2D eigenvalue weighted by Crippen LogP contribution is 2.23. The van der Waals surface area contributed by atoms with E-state index in [4.69, 9.17) is 0 Å². The molecule has 2 saturated heterocycles. The third-order valence-corrected chi connectivity index (χ3v) is 4.91. The Balaban J connectivity index is 1.57. The Morgan fingerprint density at radius 2 is 1.89 bits per heavy atom. The molecule has 1 aromatic rings. The van der Waals surface area contributed by atoms with Crippen molar-refractivity contribution < 1.29 is 22.8 Å². The number of rotatable bonds is 4. The monoisotopic (exact) mass is 399 g/mol. The number of amides is 3. The van der Waals surface area contributed by atoms with Gasteiger partial charge < -0.3 is 20.0 Å². The van der Waals surface area contributed by atoms with Gasteiger partial charge in [-0.1, -0.05) is 6.07 Å². The molecule has 0 radical (unpaired) electrons. The SMILES string of the molecule is Cc1ccc(CNC(=O)N2CCN(CC(F)(F)F)C(=O)C2)c(N2CCCC2)n1. The van der Waals surface area contributed by atoms with Crippen molar-refractivity contribution in [1.29, 1.82) is 0 Å². The molecule has 0 atom stereocenters. The number of nitrogens with one attached hydrogen (secondary N) is 1. The van der Waals surface area contributed by atoms with E-state index < -0.39 is 24.7 Å². The summed E-state index contributed by atoms with van der Waals surface area (Å²) in [6.45, 7) is 2.31. The summed E-state index contributed by atoms with van der Waals surface area (Å²) < 4.78 is 37.4. The van der Waals surface area contributed by atoms with Crippen LogP contribution in [0.2, 0.25) is 0 Å². The first-order chi connectivity index (χ1) is 13.2. The van der Waals surface area contributed by atoms with Crippen LogP contribution >= 0.6 is 0 Å². The molecule has 2 fully saturated rings. The van der Waals surface area contributed by atoms with Crippen LogP contribution < -0.4 is 10.2 Å². The number of piperazine rings is 1. The molecule has 0 aliphatic carbocycles. The molecule has 1 N–H and O–H groups in total. The van der Waals surface area contributed by atoms with Crippen LogP contribution in [0.25, 0.3) is 0 Å². The summed E-state index contributed by atoms with van der Waals surface area (Å²) in [4.78, 5) is 33.1. The number of aryl methyl sites for hydroxylation is 1. The second-order valence-electron chi connectivity index (χ2n) is 7.14. The summed E-state index contributed by atoms with van der Waals surface area (Å²) in [7, 11) is 0. The first-order valence-electron chi connectivity index (χ1n) is 9.32. The Labute approximate surface area is 161 Å². The van der Waals surface area contributed by atoms with Gasteiger partial charge in [-0.15, -0.1) is 0 Å². The molecule has 0 spiro atoms. The number of pyridine rings is 1. The third kappa shape index (κ3) is 5.05. The van der Waals surface area contributed by atoms with Crippen molar-refractivity contribution in [3.8, 4) is 0 Å². The number of carbonyl (C=O) groups excluding carboxylic acids is 2. The van der Waals surface area contributed by atoms with Gasteiger partial charge in [0, 0.05) is 44.0 Å². The molecule has 0 bridgehead atoms. The van der Waals surface area contributed by atoms with Crippen LogP contribution in [0.15, 0.2) is 12.1 Å². The summed E-state index contributed by atoms with van der Waals surface area (Å²) in [6, 6.07) is 3.33. The average Bonchev–Trinajstić information content (AvgIpc) is 3.15. The van der Waals surface area contributed by atoms with Gasteiger partial charge in [-0.05, 0) is 25.8 Å². The minimum absolute atomic E-state index is 0.0682. The molecule has 1 aromatic heterocycles. The predicted octanol–water partition coefficient (Wildman–Crippen LogP) is 1.91. The topological polar surface area (TPSA) is 68.8 Å². The van der Waals surface area contributed by atoms with E-state index in [-0.39, 0.29) is 26.2 Å². The summed E-state index contributed by atoms with van der Waals surface area (Å²) in [5.74, 6) is 0.150.